The van der Waals surface area contributed by atoms with E-state index in [1.807, 2.05) is 60.7 Å². The van der Waals surface area contributed by atoms with E-state index < -0.39 is 24.0 Å². The minimum absolute atomic E-state index is 0.156. The van der Waals surface area contributed by atoms with Crippen LogP contribution in [0.15, 0.2) is 84.9 Å². The van der Waals surface area contributed by atoms with E-state index in [1.54, 1.807) is 24.3 Å². The average molecular weight is 404 g/mol. The van der Waals surface area contributed by atoms with Gasteiger partial charge < -0.3 is 20.5 Å². The van der Waals surface area contributed by atoms with Crippen LogP contribution in [0.1, 0.15) is 28.8 Å². The van der Waals surface area contributed by atoms with E-state index in [2.05, 4.69) is 5.32 Å². The molecule has 3 aromatic carbocycles. The maximum atomic E-state index is 12.4. The van der Waals surface area contributed by atoms with Crippen molar-refractivity contribution in [1.29, 1.82) is 0 Å². The van der Waals surface area contributed by atoms with Crippen molar-refractivity contribution in [2.24, 2.45) is 5.73 Å². The molecule has 2 unspecified atom stereocenters. The second-order valence-electron chi connectivity index (χ2n) is 6.71. The van der Waals surface area contributed by atoms with Gasteiger partial charge in [0.2, 0.25) is 0 Å². The lowest BCUT2D eigenvalue weighted by Gasteiger charge is -2.19. The lowest BCUT2D eigenvalue weighted by molar-refractivity contribution is -0.146. The molecule has 154 valence electrons. The molecule has 0 saturated heterocycles. The zero-order valence-electron chi connectivity index (χ0n) is 16.7. The normalized spacial score (nSPS) is 12.5. The van der Waals surface area contributed by atoms with Crippen molar-refractivity contribution in [3.05, 3.63) is 102 Å². The summed E-state index contributed by atoms with van der Waals surface area (Å²) in [4.78, 5) is 24.7. The molecular formula is C24H24N2O4. The number of esters is 2. The van der Waals surface area contributed by atoms with E-state index in [9.17, 15) is 9.59 Å². The highest BCUT2D eigenvalue weighted by Crippen LogP contribution is 2.24. The monoisotopic (exact) mass is 404 g/mol. The summed E-state index contributed by atoms with van der Waals surface area (Å²) in [5.74, 6) is -0.943. The molecule has 0 aliphatic rings. The molecule has 0 fully saturated rings. The van der Waals surface area contributed by atoms with Crippen molar-refractivity contribution in [3.8, 4) is 0 Å². The number of hydrogen-bond donors (Lipinski definition) is 2. The van der Waals surface area contributed by atoms with Crippen molar-refractivity contribution >= 4 is 17.6 Å². The van der Waals surface area contributed by atoms with Gasteiger partial charge >= 0.3 is 11.9 Å². The molecule has 3 N–H and O–H groups in total. The molecule has 3 aromatic rings. The smallest absolute Gasteiger partial charge is 0.332 e. The highest BCUT2D eigenvalue weighted by Gasteiger charge is 2.22. The van der Waals surface area contributed by atoms with E-state index >= 15 is 0 Å². The van der Waals surface area contributed by atoms with Crippen LogP contribution < -0.4 is 11.1 Å². The summed E-state index contributed by atoms with van der Waals surface area (Å²) < 4.78 is 10.3. The fraction of sp³-hybridized carbons (Fsp3) is 0.167. The van der Waals surface area contributed by atoms with Crippen LogP contribution in [-0.4, -0.2) is 19.0 Å². The number of hydrogen-bond acceptors (Lipinski definition) is 6. The number of carbonyl (C=O) groups excluding carboxylic acids is 2. The number of ether oxygens (including phenoxy) is 2. The van der Waals surface area contributed by atoms with E-state index in [1.165, 1.54) is 7.11 Å². The van der Waals surface area contributed by atoms with Gasteiger partial charge in [-0.25, -0.2) is 9.59 Å². The first kappa shape index (κ1) is 21.1. The molecule has 0 radical (unpaired) electrons. The first-order valence-electron chi connectivity index (χ1n) is 9.54. The summed E-state index contributed by atoms with van der Waals surface area (Å²) >= 11 is 0. The Kier molecular flexibility index (Phi) is 7.19. The second kappa shape index (κ2) is 10.2. The van der Waals surface area contributed by atoms with Gasteiger partial charge in [0.05, 0.1) is 7.11 Å². The average Bonchev–Trinajstić information content (AvgIpc) is 2.81. The van der Waals surface area contributed by atoms with Gasteiger partial charge in [0.15, 0.2) is 6.04 Å². The Morgan fingerprint density at radius 2 is 1.50 bits per heavy atom. The minimum atomic E-state index is -0.941. The summed E-state index contributed by atoms with van der Waals surface area (Å²) in [7, 11) is 1.34. The van der Waals surface area contributed by atoms with Crippen molar-refractivity contribution in [2.45, 2.75) is 18.7 Å². The molecule has 6 nitrogen and oxygen atoms in total. The SMILES string of the molecule is COC(=O)C(Nc1cccc(C(N)C(=O)OCc2ccccc2)c1)c1ccccc1. The third-order valence-electron chi connectivity index (χ3n) is 4.60. The Labute approximate surface area is 175 Å². The summed E-state index contributed by atoms with van der Waals surface area (Å²) in [5, 5.41) is 3.16. The molecule has 0 saturated carbocycles. The number of nitrogens with two attached hydrogens (primary N) is 1. The zero-order valence-corrected chi connectivity index (χ0v) is 16.7. The Morgan fingerprint density at radius 3 is 2.17 bits per heavy atom. The first-order valence-corrected chi connectivity index (χ1v) is 9.54. The topological polar surface area (TPSA) is 90.6 Å². The first-order chi connectivity index (χ1) is 14.6. The molecule has 2 atom stereocenters. The molecule has 0 bridgehead atoms. The Hall–Kier alpha value is -3.64. The lowest BCUT2D eigenvalue weighted by Crippen LogP contribution is -2.24. The second-order valence-corrected chi connectivity index (χ2v) is 6.71. The Bertz CT molecular complexity index is 977. The largest absolute Gasteiger partial charge is 0.467 e. The van der Waals surface area contributed by atoms with Crippen LogP contribution in [0.3, 0.4) is 0 Å². The number of rotatable bonds is 8. The van der Waals surface area contributed by atoms with Crippen molar-refractivity contribution in [1.82, 2.24) is 0 Å². The summed E-state index contributed by atoms with van der Waals surface area (Å²) in [6.45, 7) is 0.156. The molecule has 30 heavy (non-hydrogen) atoms. The molecule has 0 aromatic heterocycles. The lowest BCUT2D eigenvalue weighted by atomic mass is 10.0. The summed E-state index contributed by atoms with van der Waals surface area (Å²) in [5.41, 5.74) is 8.97. The minimum Gasteiger partial charge on any atom is -0.467 e. The highest BCUT2D eigenvalue weighted by molar-refractivity contribution is 5.81. The molecule has 0 spiro atoms. The summed E-state index contributed by atoms with van der Waals surface area (Å²) in [6, 6.07) is 24.1. The van der Waals surface area contributed by atoms with Crippen LogP contribution in [0, 0.1) is 0 Å². The van der Waals surface area contributed by atoms with Crippen LogP contribution >= 0.6 is 0 Å². The standard InChI is InChI=1S/C24H24N2O4/c1-29-24(28)22(18-11-6-3-7-12-18)26-20-14-8-13-19(15-20)21(25)23(27)30-16-17-9-4-2-5-10-17/h2-15,21-22,26H,16,25H2,1H3. The highest BCUT2D eigenvalue weighted by atomic mass is 16.5. The predicted molar refractivity (Wildman–Crippen MR) is 114 cm³/mol. The number of benzene rings is 3. The van der Waals surface area contributed by atoms with Crippen LogP contribution in [0.25, 0.3) is 0 Å². The van der Waals surface area contributed by atoms with Crippen LogP contribution in [-0.2, 0) is 25.7 Å². The zero-order chi connectivity index (χ0) is 21.3. The van der Waals surface area contributed by atoms with Gasteiger partial charge in [-0.05, 0) is 28.8 Å². The fourth-order valence-electron chi connectivity index (χ4n) is 2.98. The molecule has 0 aliphatic heterocycles. The molecule has 3 rings (SSSR count). The molecule has 6 heteroatoms. The van der Waals surface area contributed by atoms with Gasteiger partial charge in [-0.2, -0.15) is 0 Å². The number of nitrogens with one attached hydrogen (secondary N) is 1. The van der Waals surface area contributed by atoms with Gasteiger partial charge in [-0.1, -0.05) is 72.8 Å². The van der Waals surface area contributed by atoms with Crippen LogP contribution in [0.4, 0.5) is 5.69 Å². The maximum Gasteiger partial charge on any atom is 0.332 e. The van der Waals surface area contributed by atoms with Crippen molar-refractivity contribution in [3.63, 3.8) is 0 Å². The fourth-order valence-corrected chi connectivity index (χ4v) is 2.98. The Balaban J connectivity index is 1.71. The van der Waals surface area contributed by atoms with Gasteiger partial charge in [0.1, 0.15) is 12.6 Å². The van der Waals surface area contributed by atoms with Gasteiger partial charge in [0.25, 0.3) is 0 Å². The van der Waals surface area contributed by atoms with Gasteiger partial charge in [0, 0.05) is 5.69 Å². The Morgan fingerprint density at radius 1 is 0.867 bits per heavy atom. The van der Waals surface area contributed by atoms with Crippen LogP contribution in [0.2, 0.25) is 0 Å². The predicted octanol–water partition coefficient (Wildman–Crippen LogP) is 3.76. The van der Waals surface area contributed by atoms with Crippen molar-refractivity contribution < 1.29 is 19.1 Å². The van der Waals surface area contributed by atoms with E-state index in [0.717, 1.165) is 11.1 Å². The maximum absolute atomic E-state index is 12.4. The molecule has 0 aliphatic carbocycles. The van der Waals surface area contributed by atoms with E-state index in [4.69, 9.17) is 15.2 Å². The molecular weight excluding hydrogens is 380 g/mol. The number of anilines is 1. The van der Waals surface area contributed by atoms with Gasteiger partial charge in [-0.15, -0.1) is 0 Å². The third kappa shape index (κ3) is 5.46. The van der Waals surface area contributed by atoms with Gasteiger partial charge in [-0.3, -0.25) is 0 Å². The van der Waals surface area contributed by atoms with Crippen LogP contribution in [0.5, 0.6) is 0 Å². The number of methoxy groups -OCH3 is 1. The quantitative estimate of drug-likeness (QED) is 0.556. The van der Waals surface area contributed by atoms with Crippen molar-refractivity contribution in [2.75, 3.05) is 12.4 Å². The summed E-state index contributed by atoms with van der Waals surface area (Å²) in [6.07, 6.45) is 0. The third-order valence-corrected chi connectivity index (χ3v) is 4.60. The van der Waals surface area contributed by atoms with E-state index in [-0.39, 0.29) is 6.61 Å². The molecule has 0 amide bonds. The molecule has 0 heterocycles. The van der Waals surface area contributed by atoms with E-state index in [0.29, 0.717) is 11.3 Å². The number of carbonyl (C=O) groups is 2.